The van der Waals surface area contributed by atoms with Crippen LogP contribution in [0, 0.1) is 0 Å². The zero-order valence-corrected chi connectivity index (χ0v) is 13.5. The van der Waals surface area contributed by atoms with Gasteiger partial charge in [-0.05, 0) is 24.1 Å². The largest absolute Gasteiger partial charge is 0.383 e. The molecule has 0 fully saturated rings. The molecule has 0 unspecified atom stereocenters. The molecule has 4 heteroatoms. The molecule has 0 aromatic heterocycles. The van der Waals surface area contributed by atoms with E-state index in [1.807, 2.05) is 11.8 Å². The van der Waals surface area contributed by atoms with Gasteiger partial charge in [0.15, 0.2) is 0 Å². The average Bonchev–Trinajstić information content (AvgIpc) is 2.49. The van der Waals surface area contributed by atoms with Crippen LogP contribution in [0.2, 0.25) is 0 Å². The van der Waals surface area contributed by atoms with Crippen molar-refractivity contribution >= 4 is 11.8 Å². The summed E-state index contributed by atoms with van der Waals surface area (Å²) in [7, 11) is 1.72. The SMILES string of the molecule is CCCCOCCSc1ccc(CNCCOC)cc1. The molecule has 0 spiro atoms. The zero-order valence-electron chi connectivity index (χ0n) is 12.7. The molecule has 20 heavy (non-hydrogen) atoms. The summed E-state index contributed by atoms with van der Waals surface area (Å²) >= 11 is 1.85. The van der Waals surface area contributed by atoms with Crippen LogP contribution in [0.15, 0.2) is 29.2 Å². The summed E-state index contributed by atoms with van der Waals surface area (Å²) in [5, 5.41) is 3.34. The number of nitrogens with one attached hydrogen (secondary N) is 1. The van der Waals surface area contributed by atoms with E-state index in [-0.39, 0.29) is 0 Å². The van der Waals surface area contributed by atoms with Crippen LogP contribution < -0.4 is 5.32 Å². The molecule has 0 aliphatic rings. The molecule has 1 aromatic carbocycles. The van der Waals surface area contributed by atoms with Crippen molar-refractivity contribution in [2.45, 2.75) is 31.2 Å². The molecular formula is C16H27NO2S. The lowest BCUT2D eigenvalue weighted by Gasteiger charge is -2.06. The smallest absolute Gasteiger partial charge is 0.0587 e. The van der Waals surface area contributed by atoms with Crippen LogP contribution in [-0.2, 0) is 16.0 Å². The van der Waals surface area contributed by atoms with Crippen molar-refractivity contribution in [1.29, 1.82) is 0 Å². The van der Waals surface area contributed by atoms with E-state index in [0.29, 0.717) is 0 Å². The molecule has 0 saturated heterocycles. The van der Waals surface area contributed by atoms with Crippen LogP contribution in [0.5, 0.6) is 0 Å². The number of hydrogen-bond acceptors (Lipinski definition) is 4. The first kappa shape index (κ1) is 17.5. The maximum Gasteiger partial charge on any atom is 0.0587 e. The predicted octanol–water partition coefficient (Wildman–Crippen LogP) is 3.33. The first-order valence-electron chi connectivity index (χ1n) is 7.36. The molecule has 0 aliphatic carbocycles. The molecule has 3 nitrogen and oxygen atoms in total. The highest BCUT2D eigenvalue weighted by molar-refractivity contribution is 7.99. The van der Waals surface area contributed by atoms with Crippen molar-refractivity contribution in [2.75, 3.05) is 39.2 Å². The minimum Gasteiger partial charge on any atom is -0.383 e. The third-order valence-electron chi connectivity index (χ3n) is 2.87. The minimum atomic E-state index is 0.756. The Morgan fingerprint density at radius 3 is 2.60 bits per heavy atom. The maximum absolute atomic E-state index is 5.55. The third-order valence-corrected chi connectivity index (χ3v) is 3.85. The number of methoxy groups -OCH3 is 1. The van der Waals surface area contributed by atoms with Crippen LogP contribution in [0.25, 0.3) is 0 Å². The summed E-state index contributed by atoms with van der Waals surface area (Å²) in [6, 6.07) is 8.73. The van der Waals surface area contributed by atoms with Crippen LogP contribution in [0.3, 0.4) is 0 Å². The summed E-state index contributed by atoms with van der Waals surface area (Å²) in [4.78, 5) is 1.31. The average molecular weight is 297 g/mol. The molecule has 0 amide bonds. The van der Waals surface area contributed by atoms with Crippen molar-refractivity contribution in [3.8, 4) is 0 Å². The topological polar surface area (TPSA) is 30.5 Å². The van der Waals surface area contributed by atoms with Crippen LogP contribution in [-0.4, -0.2) is 39.2 Å². The lowest BCUT2D eigenvalue weighted by molar-refractivity contribution is 0.147. The van der Waals surface area contributed by atoms with E-state index < -0.39 is 0 Å². The van der Waals surface area contributed by atoms with Gasteiger partial charge in [0, 0.05) is 37.5 Å². The Morgan fingerprint density at radius 2 is 1.90 bits per heavy atom. The van der Waals surface area contributed by atoms with Gasteiger partial charge in [-0.3, -0.25) is 0 Å². The van der Waals surface area contributed by atoms with Crippen molar-refractivity contribution < 1.29 is 9.47 Å². The number of unbranched alkanes of at least 4 members (excludes halogenated alkanes) is 1. The number of thioether (sulfide) groups is 1. The van der Waals surface area contributed by atoms with Gasteiger partial charge in [0.25, 0.3) is 0 Å². The summed E-state index contributed by atoms with van der Waals surface area (Å²) in [6.45, 7) is 6.46. The molecule has 0 saturated carbocycles. The number of ether oxygens (including phenoxy) is 2. The first-order chi connectivity index (χ1) is 9.86. The highest BCUT2D eigenvalue weighted by atomic mass is 32.2. The number of benzene rings is 1. The minimum absolute atomic E-state index is 0.756. The summed E-state index contributed by atoms with van der Waals surface area (Å²) < 4.78 is 10.6. The monoisotopic (exact) mass is 297 g/mol. The van der Waals surface area contributed by atoms with Crippen LogP contribution in [0.4, 0.5) is 0 Å². The summed E-state index contributed by atoms with van der Waals surface area (Å²) in [6.07, 6.45) is 2.36. The molecule has 0 heterocycles. The Balaban J connectivity index is 2.12. The maximum atomic E-state index is 5.55. The quantitative estimate of drug-likeness (QED) is 0.473. The summed E-state index contributed by atoms with van der Waals surface area (Å²) in [5.74, 6) is 1.02. The molecule has 0 atom stereocenters. The fourth-order valence-corrected chi connectivity index (χ4v) is 2.44. The predicted molar refractivity (Wildman–Crippen MR) is 86.5 cm³/mol. The Bertz CT molecular complexity index is 330. The first-order valence-corrected chi connectivity index (χ1v) is 8.34. The van der Waals surface area contributed by atoms with E-state index in [4.69, 9.17) is 9.47 Å². The number of hydrogen-bond donors (Lipinski definition) is 1. The van der Waals surface area contributed by atoms with Gasteiger partial charge in [-0.1, -0.05) is 25.5 Å². The van der Waals surface area contributed by atoms with E-state index in [1.165, 1.54) is 16.9 Å². The van der Waals surface area contributed by atoms with E-state index in [2.05, 4.69) is 36.5 Å². The van der Waals surface area contributed by atoms with Crippen molar-refractivity contribution in [1.82, 2.24) is 5.32 Å². The molecule has 1 rings (SSSR count). The third kappa shape index (κ3) is 8.59. The van der Waals surface area contributed by atoms with Gasteiger partial charge in [0.1, 0.15) is 0 Å². The standard InChI is InChI=1S/C16H27NO2S/c1-3-4-10-19-12-13-20-16-7-5-15(6-8-16)14-17-9-11-18-2/h5-8,17H,3-4,9-14H2,1-2H3. The number of rotatable bonds is 12. The normalized spacial score (nSPS) is 10.9. The second-order valence-electron chi connectivity index (χ2n) is 4.63. The van der Waals surface area contributed by atoms with Crippen LogP contribution in [0.1, 0.15) is 25.3 Å². The molecule has 0 bridgehead atoms. The van der Waals surface area contributed by atoms with Crippen LogP contribution >= 0.6 is 11.8 Å². The van der Waals surface area contributed by atoms with Crippen molar-refractivity contribution in [2.24, 2.45) is 0 Å². The molecule has 114 valence electrons. The second kappa shape index (κ2) is 12.2. The van der Waals surface area contributed by atoms with Gasteiger partial charge < -0.3 is 14.8 Å². The summed E-state index contributed by atoms with van der Waals surface area (Å²) in [5.41, 5.74) is 1.31. The lowest BCUT2D eigenvalue weighted by Crippen LogP contribution is -2.18. The van der Waals surface area contributed by atoms with Crippen molar-refractivity contribution in [3.63, 3.8) is 0 Å². The van der Waals surface area contributed by atoms with Gasteiger partial charge in [0.2, 0.25) is 0 Å². The second-order valence-corrected chi connectivity index (χ2v) is 5.80. The molecule has 1 N–H and O–H groups in total. The van der Waals surface area contributed by atoms with E-state index in [1.54, 1.807) is 7.11 Å². The zero-order chi connectivity index (χ0) is 14.5. The van der Waals surface area contributed by atoms with Gasteiger partial charge in [-0.25, -0.2) is 0 Å². The fourth-order valence-electron chi connectivity index (χ4n) is 1.68. The van der Waals surface area contributed by atoms with E-state index >= 15 is 0 Å². The Labute approximate surface area is 127 Å². The Kier molecular flexibility index (Phi) is 10.7. The fraction of sp³-hybridized carbons (Fsp3) is 0.625. The van der Waals surface area contributed by atoms with Crippen molar-refractivity contribution in [3.05, 3.63) is 29.8 Å². The molecule has 0 radical (unpaired) electrons. The van der Waals surface area contributed by atoms with Gasteiger partial charge in [-0.2, -0.15) is 0 Å². The van der Waals surface area contributed by atoms with E-state index in [9.17, 15) is 0 Å². The van der Waals surface area contributed by atoms with Gasteiger partial charge >= 0.3 is 0 Å². The molecular weight excluding hydrogens is 270 g/mol. The highest BCUT2D eigenvalue weighted by Crippen LogP contribution is 2.18. The van der Waals surface area contributed by atoms with Gasteiger partial charge in [-0.15, -0.1) is 11.8 Å². The van der Waals surface area contributed by atoms with Gasteiger partial charge in [0.05, 0.1) is 13.2 Å². The lowest BCUT2D eigenvalue weighted by atomic mass is 10.2. The Morgan fingerprint density at radius 1 is 1.10 bits per heavy atom. The molecule has 1 aromatic rings. The Hall–Kier alpha value is -0.550. The highest BCUT2D eigenvalue weighted by Gasteiger charge is 1.96. The molecule has 0 aliphatic heterocycles. The van der Waals surface area contributed by atoms with E-state index in [0.717, 1.165) is 45.1 Å².